The molecule has 0 atom stereocenters. The number of methoxy groups -OCH3 is 1. The van der Waals surface area contributed by atoms with Gasteiger partial charge in [0.2, 0.25) is 0 Å². The Morgan fingerprint density at radius 1 is 1.22 bits per heavy atom. The van der Waals surface area contributed by atoms with Crippen molar-refractivity contribution in [2.75, 3.05) is 40.0 Å². The summed E-state index contributed by atoms with van der Waals surface area (Å²) in [6.07, 6.45) is 1.56. The van der Waals surface area contributed by atoms with Crippen LogP contribution in [0.2, 0.25) is 0 Å². The summed E-state index contributed by atoms with van der Waals surface area (Å²) in [6.45, 7) is 5.96. The number of carbonyl (C=O) groups is 1. The van der Waals surface area contributed by atoms with E-state index in [2.05, 4.69) is 41.9 Å². The molecular weight excluding hydrogens is 596 g/mol. The van der Waals surface area contributed by atoms with Gasteiger partial charge in [-0.2, -0.15) is 9.78 Å². The molecule has 9 nitrogen and oxygen atoms in total. The molecule has 3 aromatic rings. The lowest BCUT2D eigenvalue weighted by atomic mass is 10.2. The summed E-state index contributed by atoms with van der Waals surface area (Å²) >= 11 is 6.92. The van der Waals surface area contributed by atoms with E-state index in [9.17, 15) is 9.59 Å². The van der Waals surface area contributed by atoms with Gasteiger partial charge in [0, 0.05) is 23.5 Å². The molecule has 0 saturated carbocycles. The molecule has 1 amide bonds. The van der Waals surface area contributed by atoms with E-state index in [-0.39, 0.29) is 24.0 Å². The molecule has 0 radical (unpaired) electrons. The van der Waals surface area contributed by atoms with E-state index < -0.39 is 0 Å². The van der Waals surface area contributed by atoms with Crippen LogP contribution in [0, 0.1) is 0 Å². The average molecular weight is 622 g/mol. The summed E-state index contributed by atoms with van der Waals surface area (Å²) in [7, 11) is 1.52. The van der Waals surface area contributed by atoms with Crippen molar-refractivity contribution in [2.45, 2.75) is 19.8 Å². The molecule has 2 aromatic carbocycles. The zero-order chi connectivity index (χ0) is 25.8. The SMILES string of the molecule is COc1cc(C=Nn2c(C(C)C)nc3ccc(Br)cc3c2=O)cc(Br)c1OCC(=O)N1CCOCC1. The van der Waals surface area contributed by atoms with Crippen molar-refractivity contribution in [1.29, 1.82) is 0 Å². The molecule has 1 fully saturated rings. The number of hydrogen-bond donors (Lipinski definition) is 0. The Kier molecular flexibility index (Phi) is 8.43. The molecule has 4 rings (SSSR count). The summed E-state index contributed by atoms with van der Waals surface area (Å²) in [5.74, 6) is 1.25. The Labute approximate surface area is 225 Å². The number of benzene rings is 2. The zero-order valence-corrected chi connectivity index (χ0v) is 23.3. The van der Waals surface area contributed by atoms with Crippen molar-refractivity contribution in [1.82, 2.24) is 14.6 Å². The standard InChI is InChI=1S/C25H26Br2N4O5/c1-15(2)24-29-20-5-4-17(26)12-18(20)25(33)31(24)28-13-16-10-19(27)23(21(11-16)34-3)36-14-22(32)30-6-8-35-9-7-30/h4-5,10-13,15H,6-9,14H2,1-3H3. The highest BCUT2D eigenvalue weighted by Crippen LogP contribution is 2.36. The third-order valence-electron chi connectivity index (χ3n) is 5.63. The second-order valence-electron chi connectivity index (χ2n) is 8.46. The zero-order valence-electron chi connectivity index (χ0n) is 20.2. The number of rotatable bonds is 7. The summed E-state index contributed by atoms with van der Waals surface area (Å²) < 4.78 is 19.3. The summed E-state index contributed by atoms with van der Waals surface area (Å²) in [5, 5.41) is 4.94. The van der Waals surface area contributed by atoms with Crippen molar-refractivity contribution in [3.63, 3.8) is 0 Å². The smallest absolute Gasteiger partial charge is 0.282 e. The van der Waals surface area contributed by atoms with Gasteiger partial charge >= 0.3 is 0 Å². The molecule has 190 valence electrons. The van der Waals surface area contributed by atoms with Crippen LogP contribution in [0.1, 0.15) is 31.2 Å². The molecule has 2 heterocycles. The normalized spacial score (nSPS) is 14.1. The van der Waals surface area contributed by atoms with E-state index in [1.807, 2.05) is 26.0 Å². The number of morpholine rings is 1. The maximum absolute atomic E-state index is 13.2. The minimum Gasteiger partial charge on any atom is -0.493 e. The maximum Gasteiger partial charge on any atom is 0.282 e. The van der Waals surface area contributed by atoms with Crippen molar-refractivity contribution in [3.05, 3.63) is 61.0 Å². The summed E-state index contributed by atoms with van der Waals surface area (Å²) in [4.78, 5) is 32.1. The highest BCUT2D eigenvalue weighted by atomic mass is 79.9. The molecule has 1 aliphatic rings. The second kappa shape index (κ2) is 11.5. The number of fused-ring (bicyclic) bond motifs is 1. The Hall–Kier alpha value is -2.76. The molecular formula is C25H26Br2N4O5. The van der Waals surface area contributed by atoms with E-state index >= 15 is 0 Å². The molecule has 36 heavy (non-hydrogen) atoms. The van der Waals surface area contributed by atoms with Gasteiger partial charge < -0.3 is 19.1 Å². The maximum atomic E-state index is 13.2. The number of ether oxygens (including phenoxy) is 3. The van der Waals surface area contributed by atoms with Gasteiger partial charge in [-0.15, -0.1) is 0 Å². The van der Waals surface area contributed by atoms with Crippen LogP contribution in [0.25, 0.3) is 10.9 Å². The molecule has 1 saturated heterocycles. The molecule has 1 aliphatic heterocycles. The Balaban J connectivity index is 1.62. The quantitative estimate of drug-likeness (QED) is 0.368. The van der Waals surface area contributed by atoms with E-state index in [1.165, 1.54) is 11.8 Å². The van der Waals surface area contributed by atoms with Crippen LogP contribution in [-0.2, 0) is 9.53 Å². The minimum absolute atomic E-state index is 0.0241. The first-order chi connectivity index (χ1) is 17.3. The number of carbonyl (C=O) groups excluding carboxylic acids is 1. The van der Waals surface area contributed by atoms with Crippen molar-refractivity contribution in [2.24, 2.45) is 5.10 Å². The van der Waals surface area contributed by atoms with Crippen LogP contribution < -0.4 is 15.0 Å². The van der Waals surface area contributed by atoms with Gasteiger partial charge in [-0.05, 0) is 51.8 Å². The van der Waals surface area contributed by atoms with Crippen LogP contribution >= 0.6 is 31.9 Å². The van der Waals surface area contributed by atoms with E-state index in [0.29, 0.717) is 64.6 Å². The minimum atomic E-state index is -0.256. The number of amides is 1. The van der Waals surface area contributed by atoms with Crippen LogP contribution in [0.5, 0.6) is 11.5 Å². The second-order valence-corrected chi connectivity index (χ2v) is 10.2. The number of halogens is 2. The fraction of sp³-hybridized carbons (Fsp3) is 0.360. The lowest BCUT2D eigenvalue weighted by Gasteiger charge is -2.26. The largest absolute Gasteiger partial charge is 0.493 e. The fourth-order valence-corrected chi connectivity index (χ4v) is 4.70. The fourth-order valence-electron chi connectivity index (χ4n) is 3.77. The van der Waals surface area contributed by atoms with Crippen molar-refractivity contribution < 1.29 is 19.0 Å². The lowest BCUT2D eigenvalue weighted by molar-refractivity contribution is -0.137. The van der Waals surface area contributed by atoms with Crippen LogP contribution in [-0.4, -0.2) is 66.7 Å². The van der Waals surface area contributed by atoms with Crippen molar-refractivity contribution >= 4 is 54.9 Å². The highest BCUT2D eigenvalue weighted by Gasteiger charge is 2.20. The Bertz CT molecular complexity index is 1370. The summed E-state index contributed by atoms with van der Waals surface area (Å²) in [5.41, 5.74) is 1.03. The number of aromatic nitrogens is 2. The third kappa shape index (κ3) is 5.79. The lowest BCUT2D eigenvalue weighted by Crippen LogP contribution is -2.43. The molecule has 0 unspecified atom stereocenters. The average Bonchev–Trinajstić information content (AvgIpc) is 2.87. The van der Waals surface area contributed by atoms with Gasteiger partial charge in [0.15, 0.2) is 18.1 Å². The highest BCUT2D eigenvalue weighted by molar-refractivity contribution is 9.10. The van der Waals surface area contributed by atoms with Crippen molar-refractivity contribution in [3.8, 4) is 11.5 Å². The predicted octanol–water partition coefficient (Wildman–Crippen LogP) is 4.17. The van der Waals surface area contributed by atoms with Gasteiger partial charge in [0.25, 0.3) is 11.5 Å². The summed E-state index contributed by atoms with van der Waals surface area (Å²) in [6, 6.07) is 8.92. The van der Waals surface area contributed by atoms with Crippen LogP contribution in [0.15, 0.2) is 49.2 Å². The monoisotopic (exact) mass is 620 g/mol. The predicted molar refractivity (Wildman–Crippen MR) is 144 cm³/mol. The van der Waals surface area contributed by atoms with Crippen LogP contribution in [0.3, 0.4) is 0 Å². The first-order valence-corrected chi connectivity index (χ1v) is 13.0. The number of hydrogen-bond acceptors (Lipinski definition) is 7. The van der Waals surface area contributed by atoms with E-state index in [0.717, 1.165) is 4.47 Å². The molecule has 0 aliphatic carbocycles. The van der Waals surface area contributed by atoms with E-state index in [1.54, 1.807) is 29.3 Å². The molecule has 11 heteroatoms. The third-order valence-corrected chi connectivity index (χ3v) is 6.71. The van der Waals surface area contributed by atoms with E-state index in [4.69, 9.17) is 14.2 Å². The van der Waals surface area contributed by atoms with Gasteiger partial charge in [-0.25, -0.2) is 4.98 Å². The van der Waals surface area contributed by atoms with Gasteiger partial charge in [-0.3, -0.25) is 9.59 Å². The molecule has 0 bridgehead atoms. The number of nitrogens with zero attached hydrogens (tertiary/aromatic N) is 4. The first kappa shape index (κ1) is 26.3. The Morgan fingerprint density at radius 3 is 2.67 bits per heavy atom. The van der Waals surface area contributed by atoms with Gasteiger partial charge in [-0.1, -0.05) is 29.8 Å². The molecule has 0 N–H and O–H groups in total. The Morgan fingerprint density at radius 2 is 1.97 bits per heavy atom. The van der Waals surface area contributed by atoms with Gasteiger partial charge in [0.1, 0.15) is 5.82 Å². The molecule has 1 aromatic heterocycles. The topological polar surface area (TPSA) is 95.2 Å². The molecule has 0 spiro atoms. The van der Waals surface area contributed by atoms with Crippen LogP contribution in [0.4, 0.5) is 0 Å². The van der Waals surface area contributed by atoms with Gasteiger partial charge in [0.05, 0.1) is 41.9 Å². The first-order valence-electron chi connectivity index (χ1n) is 11.4.